The fraction of sp³-hybridized carbons (Fsp3) is 0.519. The lowest BCUT2D eigenvalue weighted by Crippen LogP contribution is -2.49. The lowest BCUT2D eigenvalue weighted by Gasteiger charge is -2.31. The second-order valence-corrected chi connectivity index (χ2v) is 13.0. The zero-order chi connectivity index (χ0) is 28.4. The number of sulfonamides is 1. The maximum Gasteiger partial charge on any atom is 0.405 e. The molecule has 4 rings (SSSR count). The van der Waals surface area contributed by atoms with Crippen molar-refractivity contribution in [2.75, 3.05) is 20.1 Å². The Balaban J connectivity index is 1.48. The van der Waals surface area contributed by atoms with Crippen LogP contribution in [0.25, 0.3) is 0 Å². The normalized spacial score (nSPS) is 19.5. The van der Waals surface area contributed by atoms with Crippen LogP contribution in [0.15, 0.2) is 41.3 Å². The number of nitrogens with zero attached hydrogens (tertiary/aromatic N) is 2. The van der Waals surface area contributed by atoms with E-state index in [4.69, 9.17) is 23.2 Å². The number of amides is 1. The van der Waals surface area contributed by atoms with Gasteiger partial charge in [0.1, 0.15) is 10.9 Å². The molecule has 2 atom stereocenters. The van der Waals surface area contributed by atoms with Gasteiger partial charge in [0.2, 0.25) is 15.9 Å². The van der Waals surface area contributed by atoms with Crippen LogP contribution in [0.1, 0.15) is 61.3 Å². The van der Waals surface area contributed by atoms with Crippen LogP contribution in [0.4, 0.5) is 13.2 Å². The molecule has 2 aliphatic rings. The zero-order valence-electron chi connectivity index (χ0n) is 21.6. The summed E-state index contributed by atoms with van der Waals surface area (Å²) in [4.78, 5) is 14.8. The van der Waals surface area contributed by atoms with Crippen LogP contribution in [0.5, 0.6) is 0 Å². The van der Waals surface area contributed by atoms with Crippen molar-refractivity contribution >= 4 is 39.1 Å². The van der Waals surface area contributed by atoms with Crippen molar-refractivity contribution in [2.45, 2.75) is 74.6 Å². The monoisotopic (exact) mass is 605 g/mol. The van der Waals surface area contributed by atoms with Crippen molar-refractivity contribution in [3.8, 4) is 0 Å². The van der Waals surface area contributed by atoms with Gasteiger partial charge in [-0.2, -0.15) is 17.5 Å². The van der Waals surface area contributed by atoms with Gasteiger partial charge in [-0.25, -0.2) is 8.42 Å². The summed E-state index contributed by atoms with van der Waals surface area (Å²) in [7, 11) is -3.92. The van der Waals surface area contributed by atoms with Crippen molar-refractivity contribution in [3.05, 3.63) is 63.1 Å². The molecule has 0 spiro atoms. The molecule has 2 aromatic carbocycles. The van der Waals surface area contributed by atoms with E-state index < -0.39 is 45.5 Å². The van der Waals surface area contributed by atoms with Gasteiger partial charge in [0.05, 0.1) is 17.5 Å². The average molecular weight is 607 g/mol. The summed E-state index contributed by atoms with van der Waals surface area (Å²) < 4.78 is 68.4. The first-order valence-electron chi connectivity index (χ1n) is 13.0. The molecule has 1 aliphatic carbocycles. The van der Waals surface area contributed by atoms with Crippen molar-refractivity contribution in [3.63, 3.8) is 0 Å². The fourth-order valence-electron chi connectivity index (χ4n) is 5.37. The van der Waals surface area contributed by atoms with Gasteiger partial charge in [-0.3, -0.25) is 9.69 Å². The molecular weight excluding hydrogens is 574 g/mol. The van der Waals surface area contributed by atoms with Crippen LogP contribution in [0.2, 0.25) is 10.0 Å². The summed E-state index contributed by atoms with van der Waals surface area (Å²) in [6.07, 6.45) is -0.229. The summed E-state index contributed by atoms with van der Waals surface area (Å²) in [5, 5.41) is 2.46. The van der Waals surface area contributed by atoms with E-state index in [1.165, 1.54) is 37.0 Å². The van der Waals surface area contributed by atoms with Gasteiger partial charge in [0, 0.05) is 18.6 Å². The van der Waals surface area contributed by atoms with E-state index >= 15 is 0 Å². The molecule has 1 fully saturated rings. The average Bonchev–Trinajstić information content (AvgIpc) is 2.88. The second kappa shape index (κ2) is 12.3. The number of rotatable bonds is 8. The molecular formula is C27H32Cl2F3N3O3S. The smallest absolute Gasteiger partial charge is 0.349 e. The molecule has 214 valence electrons. The van der Waals surface area contributed by atoms with E-state index in [0.29, 0.717) is 6.42 Å². The highest BCUT2D eigenvalue weighted by molar-refractivity contribution is 7.89. The lowest BCUT2D eigenvalue weighted by atomic mass is 9.86. The number of piperidine rings is 1. The van der Waals surface area contributed by atoms with Gasteiger partial charge in [-0.1, -0.05) is 47.8 Å². The molecule has 1 saturated heterocycles. The molecule has 39 heavy (non-hydrogen) atoms. The second-order valence-electron chi connectivity index (χ2n) is 10.2. The number of hydrogen-bond donors (Lipinski definition) is 1. The number of alkyl halides is 3. The minimum Gasteiger partial charge on any atom is -0.349 e. The Hall–Kier alpha value is -1.85. The quantitative estimate of drug-likeness (QED) is 0.394. The molecule has 2 aromatic rings. The number of nitrogens with one attached hydrogen (secondary N) is 1. The Morgan fingerprint density at radius 3 is 2.51 bits per heavy atom. The SMILES string of the molecule is CN([C@@H](CC(=O)N[C@@H]1CCCc2cc(CN3CCCCC3)ccc21)C(F)(F)F)S(=O)(=O)c1cc(Cl)ccc1Cl. The molecule has 0 aromatic heterocycles. The minimum absolute atomic E-state index is 0.00252. The van der Waals surface area contributed by atoms with Gasteiger partial charge in [-0.15, -0.1) is 0 Å². The highest BCUT2D eigenvalue weighted by Gasteiger charge is 2.48. The van der Waals surface area contributed by atoms with Crippen LogP contribution in [-0.4, -0.2) is 55.9 Å². The summed E-state index contributed by atoms with van der Waals surface area (Å²) in [5.41, 5.74) is 3.17. The summed E-state index contributed by atoms with van der Waals surface area (Å²) >= 11 is 11.8. The molecule has 1 N–H and O–H groups in total. The van der Waals surface area contributed by atoms with Gasteiger partial charge >= 0.3 is 6.18 Å². The predicted molar refractivity (Wildman–Crippen MR) is 145 cm³/mol. The Labute approximate surface area is 237 Å². The molecule has 6 nitrogen and oxygen atoms in total. The van der Waals surface area contributed by atoms with Crippen LogP contribution in [0.3, 0.4) is 0 Å². The van der Waals surface area contributed by atoms with E-state index in [0.717, 1.165) is 56.7 Å². The molecule has 0 bridgehead atoms. The molecule has 0 radical (unpaired) electrons. The van der Waals surface area contributed by atoms with Crippen molar-refractivity contribution in [2.24, 2.45) is 0 Å². The van der Waals surface area contributed by atoms with E-state index in [2.05, 4.69) is 16.3 Å². The first-order chi connectivity index (χ1) is 18.4. The Bertz CT molecular complexity index is 1300. The largest absolute Gasteiger partial charge is 0.405 e. The first-order valence-corrected chi connectivity index (χ1v) is 15.2. The van der Waals surface area contributed by atoms with Crippen molar-refractivity contribution in [1.82, 2.24) is 14.5 Å². The van der Waals surface area contributed by atoms with Gasteiger partial charge in [0.15, 0.2) is 0 Å². The third kappa shape index (κ3) is 7.27. The van der Waals surface area contributed by atoms with E-state index in [1.54, 1.807) is 0 Å². The summed E-state index contributed by atoms with van der Waals surface area (Å²) in [6, 6.07) is 6.59. The Kier molecular flexibility index (Phi) is 9.53. The number of benzene rings is 2. The minimum atomic E-state index is -5.00. The standard InChI is InChI=1S/C27H32Cl2F3N3O3S/c1-34(39(37,38)24-15-20(28)9-11-22(24)29)25(27(30,31)32)16-26(36)33-23-7-5-6-19-14-18(8-10-21(19)23)17-35-12-3-2-4-13-35/h8-11,14-15,23,25H,2-7,12-13,16-17H2,1H3,(H,33,36)/t23-,25+/m1/s1. The number of hydrogen-bond acceptors (Lipinski definition) is 4. The third-order valence-corrected chi connectivity index (χ3v) is 10.0. The van der Waals surface area contributed by atoms with Gasteiger partial charge in [0.25, 0.3) is 0 Å². The van der Waals surface area contributed by atoms with Crippen LogP contribution in [0, 0.1) is 0 Å². The Morgan fingerprint density at radius 1 is 1.10 bits per heavy atom. The molecule has 0 saturated carbocycles. The molecule has 1 amide bonds. The molecule has 1 aliphatic heterocycles. The zero-order valence-corrected chi connectivity index (χ0v) is 23.9. The maximum atomic E-state index is 14.1. The van der Waals surface area contributed by atoms with Gasteiger partial charge < -0.3 is 5.32 Å². The van der Waals surface area contributed by atoms with E-state index in [1.807, 2.05) is 12.1 Å². The predicted octanol–water partition coefficient (Wildman–Crippen LogP) is 6.11. The highest BCUT2D eigenvalue weighted by atomic mass is 35.5. The molecule has 1 heterocycles. The summed E-state index contributed by atoms with van der Waals surface area (Å²) in [5.74, 6) is -0.883. The topological polar surface area (TPSA) is 69.7 Å². The molecule has 12 heteroatoms. The number of carbonyl (C=O) groups is 1. The van der Waals surface area contributed by atoms with Crippen LogP contribution in [-0.2, 0) is 27.8 Å². The molecule has 0 unspecified atom stereocenters. The fourth-order valence-corrected chi connectivity index (χ4v) is 7.45. The Morgan fingerprint density at radius 2 is 1.82 bits per heavy atom. The number of fused-ring (bicyclic) bond motifs is 1. The van der Waals surface area contributed by atoms with Gasteiger partial charge in [-0.05, 0) is 80.1 Å². The summed E-state index contributed by atoms with van der Waals surface area (Å²) in [6.45, 7) is 3.00. The van der Waals surface area contributed by atoms with Crippen molar-refractivity contribution in [1.29, 1.82) is 0 Å². The number of halogens is 5. The third-order valence-electron chi connectivity index (χ3n) is 7.46. The number of likely N-dealkylation sites (tertiary alicyclic amines) is 1. The van der Waals surface area contributed by atoms with E-state index in [-0.39, 0.29) is 14.4 Å². The van der Waals surface area contributed by atoms with Crippen molar-refractivity contribution < 1.29 is 26.4 Å². The van der Waals surface area contributed by atoms with E-state index in [9.17, 15) is 26.4 Å². The first kappa shape index (κ1) is 30.1. The number of carbonyl (C=O) groups excluding carboxylic acids is 1. The van der Waals surface area contributed by atoms with Crippen LogP contribution >= 0.6 is 23.2 Å². The number of aryl methyl sites for hydroxylation is 1. The lowest BCUT2D eigenvalue weighted by molar-refractivity contribution is -0.173. The van der Waals surface area contributed by atoms with Crippen LogP contribution < -0.4 is 5.32 Å². The maximum absolute atomic E-state index is 14.1. The highest BCUT2D eigenvalue weighted by Crippen LogP contribution is 2.35.